The number of nitrogens with zero attached hydrogens (tertiary/aromatic N) is 2. The summed E-state index contributed by atoms with van der Waals surface area (Å²) in [6.07, 6.45) is 3.06. The first kappa shape index (κ1) is 9.30. The lowest BCUT2D eigenvalue weighted by Crippen LogP contribution is -2.12. The Labute approximate surface area is 74.6 Å². The van der Waals surface area contributed by atoms with Gasteiger partial charge in [0.25, 0.3) is 0 Å². The van der Waals surface area contributed by atoms with E-state index in [1.54, 1.807) is 0 Å². The van der Waals surface area contributed by atoms with Gasteiger partial charge in [-0.15, -0.1) is 0 Å². The molecule has 0 saturated heterocycles. The van der Waals surface area contributed by atoms with Crippen molar-refractivity contribution < 1.29 is 0 Å². The van der Waals surface area contributed by atoms with Crippen molar-refractivity contribution in [2.75, 3.05) is 0 Å². The molecule has 12 heavy (non-hydrogen) atoms. The van der Waals surface area contributed by atoms with Gasteiger partial charge in [0.05, 0.1) is 0 Å². The molecule has 68 valence electrons. The second-order valence-corrected chi connectivity index (χ2v) is 4.59. The van der Waals surface area contributed by atoms with Crippen LogP contribution >= 0.6 is 0 Å². The molecule has 0 saturated carbocycles. The van der Waals surface area contributed by atoms with Gasteiger partial charge in [-0.25, -0.2) is 4.98 Å². The Kier molecular flexibility index (Phi) is 2.27. The highest BCUT2D eigenvalue weighted by Gasteiger charge is 2.14. The quantitative estimate of drug-likeness (QED) is 0.626. The number of aryl methyl sites for hydroxylation is 1. The van der Waals surface area contributed by atoms with Crippen LogP contribution in [0.3, 0.4) is 0 Å². The van der Waals surface area contributed by atoms with Crippen LogP contribution in [0.2, 0.25) is 0 Å². The Morgan fingerprint density at radius 1 is 1.42 bits per heavy atom. The topological polar surface area (TPSA) is 17.8 Å². The monoisotopic (exact) mass is 166 g/mol. The molecule has 0 atom stereocenters. The zero-order valence-corrected chi connectivity index (χ0v) is 8.68. The van der Waals surface area contributed by atoms with E-state index in [1.807, 2.05) is 13.1 Å². The van der Waals surface area contributed by atoms with Crippen molar-refractivity contribution in [1.82, 2.24) is 9.55 Å². The highest BCUT2D eigenvalue weighted by atomic mass is 15.0. The first-order chi connectivity index (χ1) is 5.40. The first-order valence-corrected chi connectivity index (χ1v) is 4.37. The molecule has 1 aromatic heterocycles. The van der Waals surface area contributed by atoms with Gasteiger partial charge in [0.2, 0.25) is 0 Å². The Morgan fingerprint density at radius 2 is 2.00 bits per heavy atom. The van der Waals surface area contributed by atoms with E-state index in [-0.39, 0.29) is 0 Å². The van der Waals surface area contributed by atoms with Crippen LogP contribution < -0.4 is 0 Å². The van der Waals surface area contributed by atoms with Crippen molar-refractivity contribution in [2.45, 2.75) is 34.1 Å². The number of aromatic nitrogens is 2. The van der Waals surface area contributed by atoms with Gasteiger partial charge in [0.15, 0.2) is 0 Å². The average Bonchev–Trinajstić information content (AvgIpc) is 2.16. The predicted octanol–water partition coefficient (Wildman–Crippen LogP) is 2.32. The van der Waals surface area contributed by atoms with Gasteiger partial charge < -0.3 is 4.57 Å². The maximum atomic E-state index is 4.26. The number of hydrogen-bond acceptors (Lipinski definition) is 1. The molecule has 0 aromatic carbocycles. The van der Waals surface area contributed by atoms with E-state index < -0.39 is 0 Å². The van der Waals surface area contributed by atoms with Gasteiger partial charge in [0, 0.05) is 18.9 Å². The maximum absolute atomic E-state index is 4.26. The first-order valence-electron chi connectivity index (χ1n) is 4.37. The number of hydrogen-bond donors (Lipinski definition) is 0. The minimum Gasteiger partial charge on any atom is -0.335 e. The third kappa shape index (κ3) is 2.10. The lowest BCUT2D eigenvalue weighted by atomic mass is 9.91. The van der Waals surface area contributed by atoms with E-state index in [9.17, 15) is 0 Å². The van der Waals surface area contributed by atoms with Crippen molar-refractivity contribution in [1.29, 1.82) is 0 Å². The molecule has 0 fully saturated rings. The van der Waals surface area contributed by atoms with Crippen LogP contribution in [0.4, 0.5) is 0 Å². The van der Waals surface area contributed by atoms with Gasteiger partial charge in [-0.1, -0.05) is 20.8 Å². The van der Waals surface area contributed by atoms with E-state index in [2.05, 4.69) is 37.4 Å². The molecule has 0 N–H and O–H groups in total. The molecular formula is C10H18N2. The van der Waals surface area contributed by atoms with Crippen LogP contribution in [0.5, 0.6) is 0 Å². The Balaban J connectivity index is 2.83. The molecular weight excluding hydrogens is 148 g/mol. The normalized spacial score (nSPS) is 12.1. The molecule has 0 bridgehead atoms. The van der Waals surface area contributed by atoms with Crippen molar-refractivity contribution in [3.8, 4) is 0 Å². The predicted molar refractivity (Wildman–Crippen MR) is 51.1 cm³/mol. The highest BCUT2D eigenvalue weighted by molar-refractivity contribution is 5.05. The van der Waals surface area contributed by atoms with E-state index in [4.69, 9.17) is 0 Å². The summed E-state index contributed by atoms with van der Waals surface area (Å²) in [7, 11) is 2.07. The minimum atomic E-state index is 0.347. The van der Waals surface area contributed by atoms with Crippen LogP contribution in [-0.4, -0.2) is 9.55 Å². The molecule has 0 aliphatic heterocycles. The van der Waals surface area contributed by atoms with Gasteiger partial charge in [-0.2, -0.15) is 0 Å². The summed E-state index contributed by atoms with van der Waals surface area (Å²) in [6, 6.07) is 0. The van der Waals surface area contributed by atoms with Crippen molar-refractivity contribution >= 4 is 0 Å². The Hall–Kier alpha value is -0.790. The van der Waals surface area contributed by atoms with E-state index in [0.717, 1.165) is 12.2 Å². The molecule has 0 aliphatic rings. The Morgan fingerprint density at radius 3 is 2.33 bits per heavy atom. The molecule has 2 heteroatoms. The molecule has 0 radical (unpaired) electrons. The van der Waals surface area contributed by atoms with Crippen molar-refractivity contribution in [3.63, 3.8) is 0 Å². The third-order valence-corrected chi connectivity index (χ3v) is 2.03. The standard InChI is InChI=1S/C10H18N2/c1-8-11-7-9(12(8)5)6-10(2,3)4/h7H,6H2,1-5H3. The smallest absolute Gasteiger partial charge is 0.105 e. The molecule has 0 amide bonds. The molecule has 2 nitrogen and oxygen atoms in total. The van der Waals surface area contributed by atoms with Crippen LogP contribution in [0.1, 0.15) is 32.3 Å². The Bertz CT molecular complexity index is 266. The largest absolute Gasteiger partial charge is 0.335 e. The lowest BCUT2D eigenvalue weighted by molar-refractivity contribution is 0.401. The minimum absolute atomic E-state index is 0.347. The van der Waals surface area contributed by atoms with Gasteiger partial charge >= 0.3 is 0 Å². The fourth-order valence-corrected chi connectivity index (χ4v) is 1.26. The average molecular weight is 166 g/mol. The lowest BCUT2D eigenvalue weighted by Gasteiger charge is -2.17. The zero-order chi connectivity index (χ0) is 9.35. The summed E-state index contributed by atoms with van der Waals surface area (Å²) in [5.74, 6) is 1.09. The van der Waals surface area contributed by atoms with Gasteiger partial charge in [-0.05, 0) is 18.8 Å². The van der Waals surface area contributed by atoms with Crippen LogP contribution in [0.25, 0.3) is 0 Å². The number of imidazole rings is 1. The number of rotatable bonds is 1. The van der Waals surface area contributed by atoms with E-state index in [1.165, 1.54) is 5.69 Å². The van der Waals surface area contributed by atoms with Crippen LogP contribution in [0, 0.1) is 12.3 Å². The third-order valence-electron chi connectivity index (χ3n) is 2.03. The molecule has 1 heterocycles. The summed E-state index contributed by atoms with van der Waals surface area (Å²) in [5, 5.41) is 0. The second-order valence-electron chi connectivity index (χ2n) is 4.59. The summed E-state index contributed by atoms with van der Waals surface area (Å²) in [6.45, 7) is 8.77. The SMILES string of the molecule is Cc1ncc(CC(C)(C)C)n1C. The van der Waals surface area contributed by atoms with Crippen LogP contribution in [0.15, 0.2) is 6.20 Å². The molecule has 1 aromatic rings. The molecule has 0 aliphatic carbocycles. The summed E-state index contributed by atoms with van der Waals surface area (Å²) >= 11 is 0. The molecule has 1 rings (SSSR count). The maximum Gasteiger partial charge on any atom is 0.105 e. The fraction of sp³-hybridized carbons (Fsp3) is 0.700. The van der Waals surface area contributed by atoms with E-state index >= 15 is 0 Å². The summed E-state index contributed by atoms with van der Waals surface area (Å²) < 4.78 is 2.16. The fourth-order valence-electron chi connectivity index (χ4n) is 1.26. The van der Waals surface area contributed by atoms with Crippen molar-refractivity contribution in [3.05, 3.63) is 17.7 Å². The van der Waals surface area contributed by atoms with Crippen LogP contribution in [-0.2, 0) is 13.5 Å². The summed E-state index contributed by atoms with van der Waals surface area (Å²) in [5.41, 5.74) is 1.67. The van der Waals surface area contributed by atoms with E-state index in [0.29, 0.717) is 5.41 Å². The van der Waals surface area contributed by atoms with Gasteiger partial charge in [0.1, 0.15) is 5.82 Å². The summed E-state index contributed by atoms with van der Waals surface area (Å²) in [4.78, 5) is 4.26. The molecule has 0 unspecified atom stereocenters. The van der Waals surface area contributed by atoms with Crippen molar-refractivity contribution in [2.24, 2.45) is 12.5 Å². The zero-order valence-electron chi connectivity index (χ0n) is 8.68. The second kappa shape index (κ2) is 2.92. The highest BCUT2D eigenvalue weighted by Crippen LogP contribution is 2.20. The van der Waals surface area contributed by atoms with Gasteiger partial charge in [-0.3, -0.25) is 0 Å². The molecule has 0 spiro atoms.